The Labute approximate surface area is 91.6 Å². The molecule has 1 N–H and O–H groups in total. The number of hydrogen-bond donors (Lipinski definition) is 1. The first-order chi connectivity index (χ1) is 7.25. The van der Waals surface area contributed by atoms with Gasteiger partial charge in [-0.15, -0.1) is 0 Å². The van der Waals surface area contributed by atoms with Crippen molar-refractivity contribution in [1.29, 1.82) is 0 Å². The lowest BCUT2D eigenvalue weighted by atomic mass is 10.0. The summed E-state index contributed by atoms with van der Waals surface area (Å²) in [7, 11) is 0. The molecule has 0 saturated heterocycles. The summed E-state index contributed by atoms with van der Waals surface area (Å²) in [5.74, 6) is 1.76. The fourth-order valence-corrected chi connectivity index (χ4v) is 1.97. The maximum atomic E-state index is 5.65. The molecule has 82 valence electrons. The van der Waals surface area contributed by atoms with Crippen LogP contribution in [-0.2, 0) is 13.0 Å². The average molecular weight is 205 g/mol. The summed E-state index contributed by atoms with van der Waals surface area (Å²) in [5, 5.41) is 3.36. The summed E-state index contributed by atoms with van der Waals surface area (Å²) in [6.07, 6.45) is 1.15. The molecule has 0 amide bonds. The molecule has 0 unspecified atom stereocenters. The van der Waals surface area contributed by atoms with Crippen LogP contribution in [0.5, 0.6) is 5.75 Å². The summed E-state index contributed by atoms with van der Waals surface area (Å²) >= 11 is 0. The minimum absolute atomic E-state index is 0.711. The number of nitrogens with one attached hydrogen (secondary N) is 1. The Morgan fingerprint density at radius 2 is 2.27 bits per heavy atom. The highest BCUT2D eigenvalue weighted by Gasteiger charge is 2.09. The van der Waals surface area contributed by atoms with Gasteiger partial charge >= 0.3 is 0 Å². The number of ether oxygens (including phenoxy) is 1. The smallest absolute Gasteiger partial charge is 0.123 e. The Morgan fingerprint density at radius 3 is 3.07 bits per heavy atom. The Balaban J connectivity index is 2.20. The summed E-state index contributed by atoms with van der Waals surface area (Å²) in [6.45, 7) is 7.15. The van der Waals surface area contributed by atoms with Crippen LogP contribution in [0, 0.1) is 5.92 Å². The maximum absolute atomic E-state index is 5.65. The van der Waals surface area contributed by atoms with E-state index in [-0.39, 0.29) is 0 Å². The van der Waals surface area contributed by atoms with E-state index >= 15 is 0 Å². The van der Waals surface area contributed by atoms with Gasteiger partial charge in [0.15, 0.2) is 0 Å². The topological polar surface area (TPSA) is 21.3 Å². The van der Waals surface area contributed by atoms with Crippen LogP contribution in [0.3, 0.4) is 0 Å². The molecule has 2 heteroatoms. The van der Waals surface area contributed by atoms with E-state index in [2.05, 4.69) is 37.4 Å². The lowest BCUT2D eigenvalue weighted by Gasteiger charge is -2.10. The second-order valence-corrected chi connectivity index (χ2v) is 4.57. The lowest BCUT2D eigenvalue weighted by molar-refractivity contribution is 0.325. The quantitative estimate of drug-likeness (QED) is 0.800. The normalized spacial score (nSPS) is 15.7. The van der Waals surface area contributed by atoms with Crippen LogP contribution >= 0.6 is 0 Å². The van der Waals surface area contributed by atoms with Gasteiger partial charge in [0.2, 0.25) is 0 Å². The standard InChI is InChI=1S/C13H19NO/c1-10(2)7-11-3-4-13-12(8-11)9-14-5-6-15-13/h3-4,8,10,14H,5-7,9H2,1-2H3. The molecule has 1 aromatic carbocycles. The van der Waals surface area contributed by atoms with Crippen LogP contribution in [0.4, 0.5) is 0 Å². The van der Waals surface area contributed by atoms with E-state index in [0.717, 1.165) is 31.9 Å². The molecule has 0 atom stereocenters. The molecule has 2 rings (SSSR count). The van der Waals surface area contributed by atoms with Crippen molar-refractivity contribution in [2.45, 2.75) is 26.8 Å². The molecule has 15 heavy (non-hydrogen) atoms. The summed E-state index contributed by atoms with van der Waals surface area (Å²) in [6, 6.07) is 6.57. The minimum Gasteiger partial charge on any atom is -0.492 e. The van der Waals surface area contributed by atoms with Crippen molar-refractivity contribution in [3.63, 3.8) is 0 Å². The van der Waals surface area contributed by atoms with E-state index in [1.165, 1.54) is 11.1 Å². The van der Waals surface area contributed by atoms with Crippen LogP contribution in [0.25, 0.3) is 0 Å². The van der Waals surface area contributed by atoms with Crippen LogP contribution in [0.1, 0.15) is 25.0 Å². The molecule has 0 fully saturated rings. The summed E-state index contributed by atoms with van der Waals surface area (Å²) in [5.41, 5.74) is 2.71. The zero-order valence-electron chi connectivity index (χ0n) is 9.55. The highest BCUT2D eigenvalue weighted by Crippen LogP contribution is 2.22. The van der Waals surface area contributed by atoms with Gasteiger partial charge in [-0.05, 0) is 24.0 Å². The monoisotopic (exact) mass is 205 g/mol. The largest absolute Gasteiger partial charge is 0.492 e. The average Bonchev–Trinajstić information content (AvgIpc) is 2.41. The van der Waals surface area contributed by atoms with Gasteiger partial charge in [-0.3, -0.25) is 0 Å². The second-order valence-electron chi connectivity index (χ2n) is 4.57. The number of fused-ring (bicyclic) bond motifs is 1. The fraction of sp³-hybridized carbons (Fsp3) is 0.538. The van der Waals surface area contributed by atoms with Gasteiger partial charge < -0.3 is 10.1 Å². The Bertz CT molecular complexity index is 333. The molecule has 0 spiro atoms. The van der Waals surface area contributed by atoms with Gasteiger partial charge in [0.05, 0.1) is 0 Å². The SMILES string of the molecule is CC(C)Cc1ccc2c(c1)CNCCO2. The minimum atomic E-state index is 0.711. The molecular formula is C13H19NO. The number of benzene rings is 1. The fourth-order valence-electron chi connectivity index (χ4n) is 1.97. The van der Waals surface area contributed by atoms with E-state index in [0.29, 0.717) is 5.92 Å². The zero-order chi connectivity index (χ0) is 10.7. The highest BCUT2D eigenvalue weighted by molar-refractivity contribution is 5.38. The first-order valence-corrected chi connectivity index (χ1v) is 5.71. The molecule has 0 radical (unpaired) electrons. The van der Waals surface area contributed by atoms with Gasteiger partial charge in [-0.25, -0.2) is 0 Å². The molecule has 2 nitrogen and oxygen atoms in total. The van der Waals surface area contributed by atoms with Crippen molar-refractivity contribution < 1.29 is 4.74 Å². The molecule has 1 aliphatic rings. The maximum Gasteiger partial charge on any atom is 0.123 e. The van der Waals surface area contributed by atoms with Crippen LogP contribution < -0.4 is 10.1 Å². The van der Waals surface area contributed by atoms with E-state index in [4.69, 9.17) is 4.74 Å². The van der Waals surface area contributed by atoms with E-state index in [1.807, 2.05) is 0 Å². The number of hydrogen-bond acceptors (Lipinski definition) is 2. The molecule has 0 bridgehead atoms. The molecule has 0 saturated carbocycles. The van der Waals surface area contributed by atoms with Crippen molar-refractivity contribution in [2.75, 3.05) is 13.2 Å². The Morgan fingerprint density at radius 1 is 1.40 bits per heavy atom. The first-order valence-electron chi connectivity index (χ1n) is 5.71. The molecule has 1 aromatic rings. The lowest BCUT2D eigenvalue weighted by Crippen LogP contribution is -2.16. The van der Waals surface area contributed by atoms with E-state index < -0.39 is 0 Å². The predicted molar refractivity (Wildman–Crippen MR) is 62.2 cm³/mol. The molecule has 1 heterocycles. The van der Waals surface area contributed by atoms with Gasteiger partial charge in [0.25, 0.3) is 0 Å². The van der Waals surface area contributed by atoms with Crippen molar-refractivity contribution in [2.24, 2.45) is 5.92 Å². The van der Waals surface area contributed by atoms with E-state index in [1.54, 1.807) is 0 Å². The first kappa shape index (κ1) is 10.5. The van der Waals surface area contributed by atoms with Crippen molar-refractivity contribution in [3.05, 3.63) is 29.3 Å². The second kappa shape index (κ2) is 4.67. The van der Waals surface area contributed by atoms with Crippen LogP contribution in [0.15, 0.2) is 18.2 Å². The van der Waals surface area contributed by atoms with Crippen molar-refractivity contribution >= 4 is 0 Å². The third-order valence-electron chi connectivity index (χ3n) is 2.62. The third-order valence-corrected chi connectivity index (χ3v) is 2.62. The van der Waals surface area contributed by atoms with Gasteiger partial charge in [0, 0.05) is 18.7 Å². The van der Waals surface area contributed by atoms with Crippen molar-refractivity contribution in [1.82, 2.24) is 5.32 Å². The van der Waals surface area contributed by atoms with Crippen LogP contribution in [-0.4, -0.2) is 13.2 Å². The summed E-state index contributed by atoms with van der Waals surface area (Å²) < 4.78 is 5.65. The number of rotatable bonds is 2. The Hall–Kier alpha value is -1.02. The van der Waals surface area contributed by atoms with Gasteiger partial charge in [-0.1, -0.05) is 26.0 Å². The molecule has 0 aliphatic carbocycles. The molecular weight excluding hydrogens is 186 g/mol. The molecule has 0 aromatic heterocycles. The van der Waals surface area contributed by atoms with E-state index in [9.17, 15) is 0 Å². The zero-order valence-corrected chi connectivity index (χ0v) is 9.55. The summed E-state index contributed by atoms with van der Waals surface area (Å²) in [4.78, 5) is 0. The van der Waals surface area contributed by atoms with Gasteiger partial charge in [0.1, 0.15) is 12.4 Å². The van der Waals surface area contributed by atoms with Crippen molar-refractivity contribution in [3.8, 4) is 5.75 Å². The molecule has 1 aliphatic heterocycles. The third kappa shape index (κ3) is 2.72. The Kier molecular flexibility index (Phi) is 3.27. The van der Waals surface area contributed by atoms with Gasteiger partial charge in [-0.2, -0.15) is 0 Å². The highest BCUT2D eigenvalue weighted by atomic mass is 16.5. The van der Waals surface area contributed by atoms with Crippen LogP contribution in [0.2, 0.25) is 0 Å². The predicted octanol–water partition coefficient (Wildman–Crippen LogP) is 2.37.